The highest BCUT2D eigenvalue weighted by Gasteiger charge is 2.37. The number of aromatic amines is 1. The van der Waals surface area contributed by atoms with Gasteiger partial charge in [-0.3, -0.25) is 47.9 Å². The van der Waals surface area contributed by atoms with Crippen molar-refractivity contribution in [2.45, 2.75) is 147 Å². The Balaban J connectivity index is 0.000000251. The molecule has 0 spiro atoms. The van der Waals surface area contributed by atoms with Crippen LogP contribution in [0.2, 0.25) is 0 Å². The van der Waals surface area contributed by atoms with E-state index >= 15 is 0 Å². The topological polar surface area (TPSA) is 430 Å². The van der Waals surface area contributed by atoms with Crippen molar-refractivity contribution in [1.29, 1.82) is 0 Å². The minimum Gasteiger partial charge on any atom is -0.508 e. The maximum Gasteiger partial charge on any atom is 0.305 e. The molecule has 28 heteroatoms. The van der Waals surface area contributed by atoms with Crippen LogP contribution in [0.5, 0.6) is 5.75 Å². The summed E-state index contributed by atoms with van der Waals surface area (Å²) in [6.45, 7) is 5.94. The summed E-state index contributed by atoms with van der Waals surface area (Å²) >= 11 is 0. The first-order valence-electron chi connectivity index (χ1n) is 33.7. The van der Waals surface area contributed by atoms with Gasteiger partial charge in [0.15, 0.2) is 5.82 Å². The van der Waals surface area contributed by atoms with E-state index in [0.29, 0.717) is 62.1 Å². The Labute approximate surface area is 600 Å². The number of benzene rings is 5. The minimum absolute atomic E-state index is 0.0233. The number of aromatic nitrogens is 3. The molecule has 0 saturated carbocycles. The van der Waals surface area contributed by atoms with Gasteiger partial charge < -0.3 is 86.6 Å². The molecule has 0 saturated heterocycles. The smallest absolute Gasteiger partial charge is 0.305 e. The maximum atomic E-state index is 13.3. The van der Waals surface area contributed by atoms with Gasteiger partial charge in [0.25, 0.3) is 11.5 Å². The van der Waals surface area contributed by atoms with E-state index in [0.717, 1.165) is 40.9 Å². The molecule has 5 aromatic carbocycles. The number of aldehydes is 4. The number of carboxylic acid groups (broad SMARTS) is 2. The molecule has 104 heavy (non-hydrogen) atoms. The van der Waals surface area contributed by atoms with E-state index in [1.807, 2.05) is 115 Å². The van der Waals surface area contributed by atoms with Crippen molar-refractivity contribution in [3.05, 3.63) is 213 Å². The Hall–Kier alpha value is -12.2. The molecule has 12 N–H and O–H groups in total. The zero-order valence-corrected chi connectivity index (χ0v) is 58.0. The number of carboxylic acids is 2. The number of carbonyl (C=O) groups is 13. The lowest BCUT2D eigenvalue weighted by Gasteiger charge is -2.36. The third kappa shape index (κ3) is 26.7. The summed E-state index contributed by atoms with van der Waals surface area (Å²) in [5.74, 6) is -6.81. The summed E-state index contributed by atoms with van der Waals surface area (Å²) in [7, 11) is 0. The summed E-state index contributed by atoms with van der Waals surface area (Å²) in [6.07, 6.45) is 6.32. The molecule has 0 fully saturated rings. The third-order valence-corrected chi connectivity index (χ3v) is 16.8. The van der Waals surface area contributed by atoms with Crippen molar-refractivity contribution in [2.75, 3.05) is 10.6 Å². The Morgan fingerprint density at radius 1 is 0.615 bits per heavy atom. The van der Waals surface area contributed by atoms with Gasteiger partial charge in [0, 0.05) is 55.5 Å². The Morgan fingerprint density at radius 3 is 1.79 bits per heavy atom. The number of phenolic OH excluding ortho intramolecular Hbond substituents is 1. The number of aliphatic carboxylic acids is 2. The zero-order chi connectivity index (χ0) is 75.7. The van der Waals surface area contributed by atoms with E-state index in [-0.39, 0.29) is 42.4 Å². The molecule has 7 amide bonds. The molecule has 1 aliphatic heterocycles. The van der Waals surface area contributed by atoms with Crippen LogP contribution in [0.15, 0.2) is 163 Å². The number of carbonyl (C=O) groups excluding carboxylic acids is 11. The molecular weight excluding hydrogens is 1340 g/mol. The fraction of sp³-hybridized carbons (Fsp3) is 0.329. The number of aromatic hydroxyl groups is 1. The standard InChI is InChI=1S/C30H36N4O8.C27H27N3O6.C19H24N4O3/c1-17(27(16-36)34-30(42)26(31-18(2)37)12-19-7-9-22(38)10-8-19)11-25-23(13-20-5-3-4-6-24(20)33-25)29(41)32-21(15-35)14-28(39)40;31-18-21(16-26(34)35)28-25(33)17-30-22(15-20-9-5-2-6-10-20)12-13-23(27(30)36)29-24(32)14-11-19-7-3-1-4-8-19;1-3-15(12-24)23-18(25)13(2)21-19(26)17-20-11-16(22-17)10-9-14-7-5-4-6-8-14/h3-10,15-17,21,23,25-27,33,38H,11-14H2,1-2H3,(H,31,37)(H,32,41)(H,34,42)(H,39,40);1-10,12-13,18,21H,11,14-17H2,(H,28,33)(H,29,32)(H,34,35);4-8,11-13,15H,3,9-10H2,1-2H3,(H,20,22)(H,21,26)(H,23,25)/t17?,21-,23+,25?,26-,27+;21-;13-,15-/m000/s1. The summed E-state index contributed by atoms with van der Waals surface area (Å²) in [5, 5.41) is 48.7. The number of H-pyrrole nitrogens is 1. The van der Waals surface area contributed by atoms with Gasteiger partial charge >= 0.3 is 11.9 Å². The SMILES string of the molecule is CC(=O)N[C@@H](Cc1ccc(O)cc1)C(=O)N[C@H](C=O)C(C)CC1Nc2ccccc2C[C@H]1C(=O)N[C@H](C=O)CC(=O)O.CC[C@@H](C=O)NC(=O)[C@H](C)NC(=O)c1ncc(CCc2ccccc2)[nH]1.O=C[C@H](CC(=O)O)NC(=O)Cn1c(Cc2ccccc2)ccc(NC(=O)CCc2ccccc2)c1=O. The van der Waals surface area contributed by atoms with Crippen LogP contribution in [0.25, 0.3) is 0 Å². The number of aryl methyl sites for hydroxylation is 3. The second kappa shape index (κ2) is 41.5. The Morgan fingerprint density at radius 2 is 1.20 bits per heavy atom. The van der Waals surface area contributed by atoms with Gasteiger partial charge in [0.05, 0.1) is 42.9 Å². The molecule has 9 atom stereocenters. The van der Waals surface area contributed by atoms with Crippen LogP contribution < -0.4 is 48.1 Å². The van der Waals surface area contributed by atoms with Crippen LogP contribution in [-0.4, -0.2) is 151 Å². The van der Waals surface area contributed by atoms with E-state index < -0.39 is 126 Å². The number of imidazole rings is 1. The first-order valence-corrected chi connectivity index (χ1v) is 33.7. The molecule has 2 unspecified atom stereocenters. The average molecular weight is 1430 g/mol. The normalized spacial score (nSPS) is 14.6. The highest BCUT2D eigenvalue weighted by Crippen LogP contribution is 2.32. The number of nitrogens with zero attached hydrogens (tertiary/aromatic N) is 2. The van der Waals surface area contributed by atoms with Crippen LogP contribution >= 0.6 is 0 Å². The fourth-order valence-electron chi connectivity index (χ4n) is 11.1. The lowest BCUT2D eigenvalue weighted by molar-refractivity contribution is -0.140. The second-order valence-electron chi connectivity index (χ2n) is 24.9. The molecule has 0 bridgehead atoms. The van der Waals surface area contributed by atoms with Crippen molar-refractivity contribution >= 4 is 89.8 Å². The van der Waals surface area contributed by atoms with Crippen molar-refractivity contribution in [1.82, 2.24) is 46.4 Å². The molecule has 8 rings (SSSR count). The minimum atomic E-state index is -1.24. The summed E-state index contributed by atoms with van der Waals surface area (Å²) in [6, 6.07) is 39.4. The lowest BCUT2D eigenvalue weighted by Crippen LogP contribution is -2.53. The fourth-order valence-corrected chi connectivity index (χ4v) is 11.1. The Kier molecular flexibility index (Phi) is 32.2. The number of hydrogen-bond donors (Lipinski definition) is 12. The number of para-hydroxylation sites is 1. The van der Waals surface area contributed by atoms with E-state index in [9.17, 15) is 72.2 Å². The van der Waals surface area contributed by atoms with Crippen molar-refractivity contribution in [2.24, 2.45) is 11.8 Å². The zero-order valence-electron chi connectivity index (χ0n) is 58.0. The molecule has 3 heterocycles. The molecule has 0 radical (unpaired) electrons. The number of fused-ring (bicyclic) bond motifs is 1. The van der Waals surface area contributed by atoms with Gasteiger partial charge in [-0.1, -0.05) is 135 Å². The van der Waals surface area contributed by atoms with Crippen LogP contribution in [0.3, 0.4) is 0 Å². The quantitative estimate of drug-likeness (QED) is 0.0243. The third-order valence-electron chi connectivity index (χ3n) is 16.8. The van der Waals surface area contributed by atoms with Crippen LogP contribution in [0.4, 0.5) is 11.4 Å². The number of amides is 7. The highest BCUT2D eigenvalue weighted by molar-refractivity contribution is 5.95. The van der Waals surface area contributed by atoms with Gasteiger partial charge in [-0.15, -0.1) is 0 Å². The van der Waals surface area contributed by atoms with Gasteiger partial charge in [-0.2, -0.15) is 0 Å². The first-order chi connectivity index (χ1) is 49.9. The van der Waals surface area contributed by atoms with Crippen molar-refractivity contribution < 1.29 is 77.6 Å². The Bertz CT molecular complexity index is 4130. The number of pyridine rings is 1. The van der Waals surface area contributed by atoms with E-state index in [1.54, 1.807) is 45.2 Å². The van der Waals surface area contributed by atoms with Crippen molar-refractivity contribution in [3.63, 3.8) is 0 Å². The van der Waals surface area contributed by atoms with Gasteiger partial charge in [0.2, 0.25) is 35.4 Å². The van der Waals surface area contributed by atoms with Crippen LogP contribution in [0.1, 0.15) is 110 Å². The molecule has 1 aliphatic rings. The summed E-state index contributed by atoms with van der Waals surface area (Å²) < 4.78 is 1.22. The van der Waals surface area contributed by atoms with Crippen molar-refractivity contribution in [3.8, 4) is 5.75 Å². The first kappa shape index (κ1) is 80.7. The molecule has 548 valence electrons. The number of phenols is 1. The second-order valence-corrected chi connectivity index (χ2v) is 24.9. The monoisotopic (exact) mass is 1430 g/mol. The number of nitrogens with one attached hydrogen (secondary N) is 9. The molecule has 2 aromatic heterocycles. The molecule has 28 nitrogen and oxygen atoms in total. The van der Waals surface area contributed by atoms with Crippen LogP contribution in [0, 0.1) is 11.8 Å². The highest BCUT2D eigenvalue weighted by atomic mass is 16.4. The predicted molar refractivity (Wildman–Crippen MR) is 384 cm³/mol. The maximum absolute atomic E-state index is 13.3. The van der Waals surface area contributed by atoms with E-state index in [2.05, 4.69) is 52.5 Å². The van der Waals surface area contributed by atoms with Gasteiger partial charge in [-0.05, 0) is 110 Å². The van der Waals surface area contributed by atoms with E-state index in [1.165, 1.54) is 35.3 Å². The molecule has 7 aromatic rings. The number of hydrogen-bond acceptors (Lipinski definition) is 17. The lowest BCUT2D eigenvalue weighted by atomic mass is 9.80. The number of anilines is 2. The van der Waals surface area contributed by atoms with Crippen LogP contribution in [-0.2, 0) is 103 Å². The summed E-state index contributed by atoms with van der Waals surface area (Å²) in [4.78, 5) is 175. The molecular formula is C76H87N11O17. The largest absolute Gasteiger partial charge is 0.508 e. The number of rotatable bonds is 35. The molecule has 0 aliphatic carbocycles. The average Bonchev–Trinajstić information content (AvgIpc) is 0.933. The van der Waals surface area contributed by atoms with E-state index in [4.69, 9.17) is 10.2 Å². The predicted octanol–water partition coefficient (Wildman–Crippen LogP) is 4.54. The summed E-state index contributed by atoms with van der Waals surface area (Å²) in [5.41, 5.74) is 6.29. The van der Waals surface area contributed by atoms with Gasteiger partial charge in [0.1, 0.15) is 55.2 Å². The van der Waals surface area contributed by atoms with Gasteiger partial charge in [-0.25, -0.2) is 4.98 Å².